The van der Waals surface area contributed by atoms with Crippen LogP contribution in [0, 0.1) is 17.3 Å². The summed E-state index contributed by atoms with van der Waals surface area (Å²) in [5.41, 5.74) is 5.53. The number of likely N-dealkylation sites (tertiary alicyclic amines) is 1. The van der Waals surface area contributed by atoms with Crippen molar-refractivity contribution in [3.8, 4) is 0 Å². The quantitative estimate of drug-likeness (QED) is 0.107. The highest BCUT2D eigenvalue weighted by molar-refractivity contribution is 5.98. The molecule has 2 rings (SSSR count). The molecule has 1 aliphatic rings. The van der Waals surface area contributed by atoms with E-state index in [1.807, 2.05) is 0 Å². The number of ether oxygens (including phenoxy) is 1. The molecule has 2 atom stereocenters. The third-order valence-corrected chi connectivity index (χ3v) is 8.45. The van der Waals surface area contributed by atoms with Gasteiger partial charge in [0.05, 0.1) is 12.5 Å². The van der Waals surface area contributed by atoms with E-state index in [0.717, 1.165) is 0 Å². The lowest BCUT2D eigenvalue weighted by Gasteiger charge is -2.30. The van der Waals surface area contributed by atoms with Crippen LogP contribution in [-0.2, 0) is 40.1 Å². The van der Waals surface area contributed by atoms with Gasteiger partial charge in [-0.15, -0.1) is 0 Å². The Bertz CT molecular complexity index is 1430. The van der Waals surface area contributed by atoms with Gasteiger partial charge < -0.3 is 47.1 Å². The molecule has 288 valence electrons. The van der Waals surface area contributed by atoms with Gasteiger partial charge in [-0.2, -0.15) is 0 Å². The van der Waals surface area contributed by atoms with E-state index in [-0.39, 0.29) is 63.0 Å². The number of alkyl carbamates (subject to hydrolysis) is 1. The van der Waals surface area contributed by atoms with E-state index < -0.39 is 59.2 Å². The van der Waals surface area contributed by atoms with Crippen molar-refractivity contribution in [1.82, 2.24) is 26.2 Å². The number of nitrogens with one attached hydrogen (secondary N) is 5. The number of rotatable bonds is 18. The number of benzene rings is 1. The van der Waals surface area contributed by atoms with E-state index >= 15 is 0 Å². The third-order valence-electron chi connectivity index (χ3n) is 8.45. The van der Waals surface area contributed by atoms with Crippen molar-refractivity contribution >= 4 is 53.2 Å². The highest BCUT2D eigenvalue weighted by atomic mass is 16.5. The maximum Gasteiger partial charge on any atom is 0.407 e. The second-order valence-corrected chi connectivity index (χ2v) is 14.1. The number of anilines is 1. The molecular formula is C35H53N7O10. The van der Waals surface area contributed by atoms with E-state index in [9.17, 15) is 38.4 Å². The lowest BCUT2D eigenvalue weighted by Crippen LogP contribution is -2.54. The van der Waals surface area contributed by atoms with Crippen LogP contribution in [0.5, 0.6) is 0 Å². The Balaban J connectivity index is 1.97. The van der Waals surface area contributed by atoms with Crippen LogP contribution in [0.4, 0.5) is 15.3 Å². The van der Waals surface area contributed by atoms with E-state index in [4.69, 9.17) is 15.6 Å². The summed E-state index contributed by atoms with van der Waals surface area (Å²) < 4.78 is 5.16. The molecule has 1 aromatic carbocycles. The predicted octanol–water partition coefficient (Wildman–Crippen LogP) is 1.64. The summed E-state index contributed by atoms with van der Waals surface area (Å²) >= 11 is 0. The smallest absolute Gasteiger partial charge is 0.407 e. The zero-order valence-electron chi connectivity index (χ0n) is 30.5. The molecule has 1 aromatic rings. The second kappa shape index (κ2) is 20.6. The molecular weight excluding hydrogens is 678 g/mol. The van der Waals surface area contributed by atoms with Gasteiger partial charge in [-0.05, 0) is 49.3 Å². The highest BCUT2D eigenvalue weighted by Gasteiger charge is 2.30. The number of nitrogens with zero attached hydrogens (tertiary/aromatic N) is 1. The Labute approximate surface area is 303 Å². The van der Waals surface area contributed by atoms with Gasteiger partial charge in [0.15, 0.2) is 5.78 Å². The number of urea groups is 1. The van der Waals surface area contributed by atoms with Crippen LogP contribution in [0.3, 0.4) is 0 Å². The van der Waals surface area contributed by atoms with Gasteiger partial charge in [0, 0.05) is 43.6 Å². The number of carboxylic acids is 1. The molecule has 1 heterocycles. The molecule has 1 fully saturated rings. The topological polar surface area (TPSA) is 255 Å². The van der Waals surface area contributed by atoms with Crippen LogP contribution in [-0.4, -0.2) is 95.8 Å². The van der Waals surface area contributed by atoms with Gasteiger partial charge in [-0.3, -0.25) is 28.8 Å². The van der Waals surface area contributed by atoms with Gasteiger partial charge in [-0.25, -0.2) is 9.59 Å². The van der Waals surface area contributed by atoms with Gasteiger partial charge in [0.2, 0.25) is 23.6 Å². The van der Waals surface area contributed by atoms with E-state index in [1.54, 1.807) is 58.9 Å². The molecule has 17 nitrogen and oxygen atoms in total. The van der Waals surface area contributed by atoms with Crippen molar-refractivity contribution in [2.75, 3.05) is 31.5 Å². The molecule has 0 aliphatic carbocycles. The lowest BCUT2D eigenvalue weighted by atomic mass is 9.91. The fraction of sp³-hybridized carbons (Fsp3) is 0.600. The molecule has 0 spiro atoms. The minimum Gasteiger partial charge on any atom is -0.481 e. The summed E-state index contributed by atoms with van der Waals surface area (Å²) in [5, 5.41) is 22.1. The predicted molar refractivity (Wildman–Crippen MR) is 189 cm³/mol. The van der Waals surface area contributed by atoms with E-state index in [1.165, 1.54) is 4.90 Å². The average molecular weight is 732 g/mol. The first-order valence-corrected chi connectivity index (χ1v) is 17.3. The summed E-state index contributed by atoms with van der Waals surface area (Å²) in [6.07, 6.45) is 0.0512. The van der Waals surface area contributed by atoms with Gasteiger partial charge in [0.1, 0.15) is 18.7 Å². The van der Waals surface area contributed by atoms with Crippen LogP contribution in [0.15, 0.2) is 24.3 Å². The summed E-state index contributed by atoms with van der Waals surface area (Å²) in [7, 11) is 0. The number of amides is 7. The number of carboxylic acid groups (broad SMARTS) is 1. The first kappa shape index (κ1) is 42.9. The van der Waals surface area contributed by atoms with Crippen molar-refractivity contribution < 1.29 is 48.2 Å². The second-order valence-electron chi connectivity index (χ2n) is 14.1. The molecule has 1 aliphatic heterocycles. The molecule has 1 saturated heterocycles. The van der Waals surface area contributed by atoms with Crippen LogP contribution in [0.1, 0.15) is 78.7 Å². The number of ketones is 1. The summed E-state index contributed by atoms with van der Waals surface area (Å²) in [6, 6.07) is 3.57. The lowest BCUT2D eigenvalue weighted by molar-refractivity contribution is -0.145. The molecule has 0 unspecified atom stereocenters. The Kier molecular flexibility index (Phi) is 17.0. The molecule has 0 radical (unpaired) electrons. The van der Waals surface area contributed by atoms with Gasteiger partial charge in [-0.1, -0.05) is 46.8 Å². The first-order chi connectivity index (χ1) is 24.4. The highest BCUT2D eigenvalue weighted by Crippen LogP contribution is 2.19. The van der Waals surface area contributed by atoms with Gasteiger partial charge in [0.25, 0.3) is 0 Å². The summed E-state index contributed by atoms with van der Waals surface area (Å²) in [4.78, 5) is 100. The van der Waals surface area contributed by atoms with Crippen molar-refractivity contribution in [2.24, 2.45) is 23.0 Å². The molecule has 0 bridgehead atoms. The zero-order valence-corrected chi connectivity index (χ0v) is 30.5. The van der Waals surface area contributed by atoms with Crippen molar-refractivity contribution in [3.05, 3.63) is 29.8 Å². The van der Waals surface area contributed by atoms with E-state index in [2.05, 4.69) is 26.6 Å². The Morgan fingerprint density at radius 1 is 0.923 bits per heavy atom. The molecule has 17 heteroatoms. The van der Waals surface area contributed by atoms with Crippen molar-refractivity contribution in [3.63, 3.8) is 0 Å². The molecule has 8 N–H and O–H groups in total. The Hall–Kier alpha value is -5.22. The van der Waals surface area contributed by atoms with Crippen LogP contribution in [0.2, 0.25) is 0 Å². The van der Waals surface area contributed by atoms with Crippen molar-refractivity contribution in [2.45, 2.75) is 91.8 Å². The number of piperidine rings is 1. The largest absolute Gasteiger partial charge is 0.481 e. The number of aliphatic carboxylic acids is 1. The number of carbonyl (C=O) groups is 8. The Morgan fingerprint density at radius 3 is 2.12 bits per heavy atom. The SMILES string of the molecule is CC(C)[C@H](NC(=O)CCC(=O)N1CCC(C(=O)O)CC1)C(=O)N[C@@H](CCCNC(N)=O)C(=O)Nc1ccc(COC(=O)NCC(=O)C(C)(C)C)cc1. The minimum atomic E-state index is -1.07. The average Bonchev–Trinajstić information content (AvgIpc) is 3.08. The first-order valence-electron chi connectivity index (χ1n) is 17.3. The standard InChI is InChI=1S/C35H53N7O10/c1-21(2)29(41-27(44)12-13-28(45)42-17-14-23(15-18-42)32(48)49)31(47)40-25(7-6-16-37-33(36)50)30(46)39-24-10-8-22(9-11-24)20-52-34(51)38-19-26(43)35(3,4)5/h8-11,21,23,25,29H,6-7,12-20H2,1-5H3,(H,38,51)(H,39,46)(H,40,47)(H,41,44)(H,48,49)(H3,36,37,50)/t25-,29-/m0/s1. The maximum atomic E-state index is 13.4. The number of carbonyl (C=O) groups excluding carboxylic acids is 7. The van der Waals surface area contributed by atoms with Crippen LogP contribution >= 0.6 is 0 Å². The maximum absolute atomic E-state index is 13.4. The fourth-order valence-electron chi connectivity index (χ4n) is 5.11. The monoisotopic (exact) mass is 731 g/mol. The van der Waals surface area contributed by atoms with Crippen LogP contribution < -0.4 is 32.3 Å². The van der Waals surface area contributed by atoms with Crippen LogP contribution in [0.25, 0.3) is 0 Å². The molecule has 0 saturated carbocycles. The zero-order chi connectivity index (χ0) is 39.0. The summed E-state index contributed by atoms with van der Waals surface area (Å²) in [6.45, 7) is 9.17. The number of hydrogen-bond donors (Lipinski definition) is 7. The Morgan fingerprint density at radius 2 is 1.56 bits per heavy atom. The summed E-state index contributed by atoms with van der Waals surface area (Å²) in [5.74, 6) is -3.91. The molecule has 52 heavy (non-hydrogen) atoms. The minimum absolute atomic E-state index is 0.0861. The number of Topliss-reactive ketones (excluding diaryl/α,β-unsaturated/α-hetero) is 1. The fourth-order valence-corrected chi connectivity index (χ4v) is 5.11. The van der Waals surface area contributed by atoms with Crippen molar-refractivity contribution in [1.29, 1.82) is 0 Å². The number of hydrogen-bond acceptors (Lipinski definition) is 9. The molecule has 0 aromatic heterocycles. The third kappa shape index (κ3) is 15.3. The molecule has 7 amide bonds. The van der Waals surface area contributed by atoms with Gasteiger partial charge >= 0.3 is 18.1 Å². The number of nitrogens with two attached hydrogens (primary N) is 1. The number of primary amides is 1. The van der Waals surface area contributed by atoms with E-state index in [0.29, 0.717) is 37.2 Å². The normalized spacial score (nSPS) is 14.4.